The fraction of sp³-hybridized carbons (Fsp3) is 0. The van der Waals surface area contributed by atoms with Gasteiger partial charge in [0.05, 0.1) is 0 Å². The Kier molecular flexibility index (Phi) is 4.82. The summed E-state index contributed by atoms with van der Waals surface area (Å²) < 4.78 is 5.24. The first-order valence-corrected chi connectivity index (χ1v) is 11.1. The third kappa shape index (κ3) is 3.34. The van der Waals surface area contributed by atoms with E-state index in [0.29, 0.717) is 5.75 Å². The average Bonchev–Trinajstić information content (AvgIpc) is 2.88. The van der Waals surface area contributed by atoms with Gasteiger partial charge in [-0.25, -0.2) is 0 Å². The van der Waals surface area contributed by atoms with Crippen molar-refractivity contribution in [3.8, 4) is 28.0 Å². The Morgan fingerprint density at radius 1 is 0.485 bits per heavy atom. The number of hydrogen-bond acceptors (Lipinski definition) is 2. The van der Waals surface area contributed by atoms with Crippen LogP contribution in [0.3, 0.4) is 0 Å². The molecule has 0 saturated heterocycles. The summed E-state index contributed by atoms with van der Waals surface area (Å²) in [7, 11) is -0.328. The first-order valence-electron chi connectivity index (χ1n) is 11.1. The standard InChI is InChI=1S/C30H21BO2/c32-31-33-24-17-15-21(16-18-24)29-25-9-3-5-11-27(25)30(28-12-6-4-10-26(28)29)23-14-13-20-7-1-2-8-22(20)19-23/h1-19,31-32H. The minimum absolute atomic E-state index is 0.328. The highest BCUT2D eigenvalue weighted by Crippen LogP contribution is 2.44. The van der Waals surface area contributed by atoms with E-state index in [9.17, 15) is 0 Å². The van der Waals surface area contributed by atoms with E-state index in [1.54, 1.807) is 0 Å². The van der Waals surface area contributed by atoms with E-state index in [4.69, 9.17) is 9.68 Å². The van der Waals surface area contributed by atoms with Crippen LogP contribution in [0.5, 0.6) is 5.75 Å². The van der Waals surface area contributed by atoms with Gasteiger partial charge in [0.15, 0.2) is 0 Å². The Labute approximate surface area is 193 Å². The lowest BCUT2D eigenvalue weighted by atomic mass is 9.85. The predicted molar refractivity (Wildman–Crippen MR) is 140 cm³/mol. The Hall–Kier alpha value is -4.08. The lowest BCUT2D eigenvalue weighted by molar-refractivity contribution is 0.454. The SMILES string of the molecule is OBOc1ccc(-c2c3ccccc3c(-c3ccc4ccccc4c3)c3ccccc23)cc1. The summed E-state index contributed by atoms with van der Waals surface area (Å²) in [5.74, 6) is 0.655. The molecule has 6 rings (SSSR count). The van der Waals surface area contributed by atoms with Gasteiger partial charge in [-0.1, -0.05) is 97.1 Å². The van der Waals surface area contributed by atoms with Gasteiger partial charge in [0.2, 0.25) is 0 Å². The Balaban J connectivity index is 1.69. The normalized spacial score (nSPS) is 11.2. The summed E-state index contributed by atoms with van der Waals surface area (Å²) in [4.78, 5) is 0. The van der Waals surface area contributed by atoms with Crippen molar-refractivity contribution in [1.29, 1.82) is 0 Å². The molecule has 0 aliphatic heterocycles. The third-order valence-electron chi connectivity index (χ3n) is 6.34. The molecule has 2 nitrogen and oxygen atoms in total. The third-order valence-corrected chi connectivity index (χ3v) is 6.34. The second kappa shape index (κ2) is 8.12. The van der Waals surface area contributed by atoms with Crippen molar-refractivity contribution in [1.82, 2.24) is 0 Å². The van der Waals surface area contributed by atoms with Crippen LogP contribution in [0, 0.1) is 0 Å². The largest absolute Gasteiger partial charge is 0.539 e. The van der Waals surface area contributed by atoms with E-state index in [0.717, 1.165) is 5.56 Å². The van der Waals surface area contributed by atoms with Crippen molar-refractivity contribution < 1.29 is 9.68 Å². The second-order valence-electron chi connectivity index (χ2n) is 8.20. The molecule has 0 spiro atoms. The number of fused-ring (bicyclic) bond motifs is 3. The van der Waals surface area contributed by atoms with Crippen LogP contribution in [0.4, 0.5) is 0 Å². The van der Waals surface area contributed by atoms with Gasteiger partial charge in [-0.3, -0.25) is 0 Å². The number of rotatable bonds is 4. The molecule has 0 radical (unpaired) electrons. The topological polar surface area (TPSA) is 29.5 Å². The lowest BCUT2D eigenvalue weighted by Crippen LogP contribution is -1.99. The Morgan fingerprint density at radius 3 is 1.55 bits per heavy atom. The molecule has 0 fully saturated rings. The zero-order chi connectivity index (χ0) is 22.2. The number of benzene rings is 6. The molecule has 0 bridgehead atoms. The van der Waals surface area contributed by atoms with Crippen LogP contribution in [0.1, 0.15) is 0 Å². The molecule has 156 valence electrons. The van der Waals surface area contributed by atoms with Crippen LogP contribution < -0.4 is 4.65 Å². The minimum atomic E-state index is -0.328. The van der Waals surface area contributed by atoms with E-state index >= 15 is 0 Å². The van der Waals surface area contributed by atoms with Crippen LogP contribution >= 0.6 is 0 Å². The van der Waals surface area contributed by atoms with Crippen LogP contribution in [-0.4, -0.2) is 12.7 Å². The van der Waals surface area contributed by atoms with E-state index in [1.165, 1.54) is 49.0 Å². The second-order valence-corrected chi connectivity index (χ2v) is 8.20. The Morgan fingerprint density at radius 2 is 0.970 bits per heavy atom. The highest BCUT2D eigenvalue weighted by molar-refractivity contribution is 6.21. The maximum Gasteiger partial charge on any atom is 0.504 e. The van der Waals surface area contributed by atoms with E-state index < -0.39 is 0 Å². The van der Waals surface area contributed by atoms with E-state index in [2.05, 4.69) is 103 Å². The first-order chi connectivity index (χ1) is 16.3. The van der Waals surface area contributed by atoms with Crippen LogP contribution in [0.2, 0.25) is 0 Å². The van der Waals surface area contributed by atoms with E-state index in [1.807, 2.05) is 12.1 Å². The zero-order valence-corrected chi connectivity index (χ0v) is 18.0. The molecule has 0 heterocycles. The van der Waals surface area contributed by atoms with Gasteiger partial charge in [0.1, 0.15) is 5.75 Å². The van der Waals surface area contributed by atoms with Crippen molar-refractivity contribution in [2.24, 2.45) is 0 Å². The van der Waals surface area contributed by atoms with Crippen molar-refractivity contribution in [2.75, 3.05) is 0 Å². The van der Waals surface area contributed by atoms with Crippen molar-refractivity contribution in [3.63, 3.8) is 0 Å². The first kappa shape index (κ1) is 19.6. The summed E-state index contributed by atoms with van der Waals surface area (Å²) in [5, 5.41) is 16.5. The monoisotopic (exact) mass is 424 g/mol. The van der Waals surface area contributed by atoms with Crippen molar-refractivity contribution >= 4 is 40.0 Å². The zero-order valence-electron chi connectivity index (χ0n) is 18.0. The quantitative estimate of drug-likeness (QED) is 0.241. The molecule has 1 N–H and O–H groups in total. The molecular formula is C30H21BO2. The molecule has 0 aliphatic rings. The molecule has 6 aromatic rings. The average molecular weight is 424 g/mol. The van der Waals surface area contributed by atoms with Crippen LogP contribution in [0.15, 0.2) is 115 Å². The van der Waals surface area contributed by atoms with Gasteiger partial charge in [-0.15, -0.1) is 0 Å². The molecule has 3 heteroatoms. The van der Waals surface area contributed by atoms with Crippen molar-refractivity contribution in [3.05, 3.63) is 115 Å². The summed E-state index contributed by atoms with van der Waals surface area (Å²) in [6, 6.07) is 40.5. The predicted octanol–water partition coefficient (Wildman–Crippen LogP) is 7.12. The molecule has 0 saturated carbocycles. The van der Waals surface area contributed by atoms with Gasteiger partial charge in [0, 0.05) is 0 Å². The molecule has 6 aromatic carbocycles. The van der Waals surface area contributed by atoms with Gasteiger partial charge in [-0.05, 0) is 72.8 Å². The minimum Gasteiger partial charge on any atom is -0.539 e. The summed E-state index contributed by atoms with van der Waals surface area (Å²) in [5.41, 5.74) is 4.81. The molecule has 0 amide bonds. The van der Waals surface area contributed by atoms with Crippen LogP contribution in [-0.2, 0) is 0 Å². The fourth-order valence-electron chi connectivity index (χ4n) is 4.89. The maximum absolute atomic E-state index is 9.07. The van der Waals surface area contributed by atoms with Gasteiger partial charge >= 0.3 is 7.69 Å². The van der Waals surface area contributed by atoms with Gasteiger partial charge in [-0.2, -0.15) is 0 Å². The molecular weight excluding hydrogens is 403 g/mol. The summed E-state index contributed by atoms with van der Waals surface area (Å²) in [6.45, 7) is 0. The molecule has 0 atom stereocenters. The Bertz CT molecular complexity index is 1560. The van der Waals surface area contributed by atoms with Gasteiger partial charge < -0.3 is 9.68 Å². The maximum atomic E-state index is 9.07. The van der Waals surface area contributed by atoms with Gasteiger partial charge in [0.25, 0.3) is 0 Å². The number of hydrogen-bond donors (Lipinski definition) is 1. The molecule has 0 unspecified atom stereocenters. The van der Waals surface area contributed by atoms with E-state index in [-0.39, 0.29) is 7.69 Å². The smallest absolute Gasteiger partial charge is 0.504 e. The highest BCUT2D eigenvalue weighted by Gasteiger charge is 2.16. The molecule has 0 aromatic heterocycles. The highest BCUT2D eigenvalue weighted by atomic mass is 16.5. The van der Waals surface area contributed by atoms with Crippen molar-refractivity contribution in [2.45, 2.75) is 0 Å². The lowest BCUT2D eigenvalue weighted by Gasteiger charge is -2.18. The molecule has 33 heavy (non-hydrogen) atoms. The fourth-order valence-corrected chi connectivity index (χ4v) is 4.89. The summed E-state index contributed by atoms with van der Waals surface area (Å²) in [6.07, 6.45) is 0. The summed E-state index contributed by atoms with van der Waals surface area (Å²) >= 11 is 0. The van der Waals surface area contributed by atoms with Crippen LogP contribution in [0.25, 0.3) is 54.6 Å². The molecule has 0 aliphatic carbocycles.